The average Bonchev–Trinajstić information content (AvgIpc) is 2.82. The van der Waals surface area contributed by atoms with Crippen molar-refractivity contribution in [2.75, 3.05) is 0 Å². The van der Waals surface area contributed by atoms with Gasteiger partial charge in [0.05, 0.1) is 0 Å². The van der Waals surface area contributed by atoms with Crippen molar-refractivity contribution in [3.05, 3.63) is 24.3 Å². The van der Waals surface area contributed by atoms with E-state index < -0.39 is 35.3 Å². The molecule has 2 aliphatic rings. The Labute approximate surface area is 106 Å². The summed E-state index contributed by atoms with van der Waals surface area (Å²) in [6, 6.07) is 0. The molecule has 0 radical (unpaired) electrons. The van der Waals surface area contributed by atoms with Gasteiger partial charge in [-0.05, 0) is 6.92 Å². The molecular formula is C11H8N2O6. The number of nitrogens with zero attached hydrogens (tertiary/aromatic N) is 2. The molecule has 0 aromatic heterocycles. The van der Waals surface area contributed by atoms with Gasteiger partial charge >= 0.3 is 5.97 Å². The number of carbonyl (C=O) groups excluding carboxylic acids is 4. The topological polar surface area (TPSA) is 112 Å². The van der Waals surface area contributed by atoms with E-state index in [1.54, 1.807) is 0 Å². The number of rotatable bonds is 3. The van der Waals surface area contributed by atoms with Gasteiger partial charge in [-0.2, -0.15) is 0 Å². The molecule has 19 heavy (non-hydrogen) atoms. The van der Waals surface area contributed by atoms with Gasteiger partial charge < -0.3 is 5.11 Å². The van der Waals surface area contributed by atoms with Crippen LogP contribution in [0, 0.1) is 0 Å². The molecule has 8 nitrogen and oxygen atoms in total. The van der Waals surface area contributed by atoms with Crippen LogP contribution in [-0.4, -0.2) is 50.2 Å². The summed E-state index contributed by atoms with van der Waals surface area (Å²) in [6.07, 6.45) is 3.51. The third kappa shape index (κ3) is 1.57. The second-order valence-electron chi connectivity index (χ2n) is 4.02. The summed E-state index contributed by atoms with van der Waals surface area (Å²) >= 11 is 0. The molecule has 0 saturated heterocycles. The van der Waals surface area contributed by atoms with Gasteiger partial charge in [0.2, 0.25) is 5.66 Å². The quantitative estimate of drug-likeness (QED) is 0.630. The highest BCUT2D eigenvalue weighted by atomic mass is 16.4. The van der Waals surface area contributed by atoms with Crippen LogP contribution in [0.2, 0.25) is 0 Å². The molecule has 8 heteroatoms. The molecule has 0 aromatic rings. The van der Waals surface area contributed by atoms with E-state index >= 15 is 0 Å². The van der Waals surface area contributed by atoms with Crippen molar-refractivity contribution in [2.45, 2.75) is 12.6 Å². The summed E-state index contributed by atoms with van der Waals surface area (Å²) in [5.41, 5.74) is -2.39. The minimum atomic E-state index is -2.39. The number of hydrogen-bond acceptors (Lipinski definition) is 5. The molecule has 4 amide bonds. The van der Waals surface area contributed by atoms with E-state index in [0.717, 1.165) is 31.2 Å². The molecule has 0 spiro atoms. The molecule has 0 aromatic carbocycles. The number of imide groups is 2. The molecule has 2 rings (SSSR count). The normalized spacial score (nSPS) is 19.0. The molecule has 98 valence electrons. The predicted octanol–water partition coefficient (Wildman–Crippen LogP) is -1.36. The molecule has 0 bridgehead atoms. The van der Waals surface area contributed by atoms with Gasteiger partial charge in [-0.3, -0.25) is 19.2 Å². The highest BCUT2D eigenvalue weighted by Gasteiger charge is 2.55. The fourth-order valence-electron chi connectivity index (χ4n) is 1.95. The van der Waals surface area contributed by atoms with Crippen LogP contribution in [0.4, 0.5) is 0 Å². The van der Waals surface area contributed by atoms with E-state index in [1.807, 2.05) is 0 Å². The highest BCUT2D eigenvalue weighted by molar-refractivity contribution is 6.20. The lowest BCUT2D eigenvalue weighted by Crippen LogP contribution is -2.67. The van der Waals surface area contributed by atoms with Gasteiger partial charge in [-0.15, -0.1) is 0 Å². The van der Waals surface area contributed by atoms with E-state index in [-0.39, 0.29) is 0 Å². The first kappa shape index (κ1) is 12.7. The Balaban J connectivity index is 2.54. The second kappa shape index (κ2) is 3.87. The summed E-state index contributed by atoms with van der Waals surface area (Å²) in [6.45, 7) is 0.945. The predicted molar refractivity (Wildman–Crippen MR) is 58.0 cm³/mol. The van der Waals surface area contributed by atoms with Crippen LogP contribution < -0.4 is 0 Å². The Morgan fingerprint density at radius 3 is 1.37 bits per heavy atom. The molecule has 2 aliphatic heterocycles. The number of amides is 4. The van der Waals surface area contributed by atoms with Gasteiger partial charge in [-0.1, -0.05) is 0 Å². The zero-order valence-corrected chi connectivity index (χ0v) is 9.69. The number of aliphatic carboxylic acids is 1. The molecule has 0 aliphatic carbocycles. The van der Waals surface area contributed by atoms with Crippen LogP contribution >= 0.6 is 0 Å². The third-order valence-electron chi connectivity index (χ3n) is 2.89. The van der Waals surface area contributed by atoms with E-state index in [2.05, 4.69) is 0 Å². The number of carboxylic acids is 1. The molecular weight excluding hydrogens is 256 g/mol. The first-order valence-corrected chi connectivity index (χ1v) is 5.16. The fourth-order valence-corrected chi connectivity index (χ4v) is 1.95. The third-order valence-corrected chi connectivity index (χ3v) is 2.89. The Kier molecular flexibility index (Phi) is 2.58. The summed E-state index contributed by atoms with van der Waals surface area (Å²) in [7, 11) is 0. The zero-order valence-electron chi connectivity index (χ0n) is 9.69. The van der Waals surface area contributed by atoms with Crippen molar-refractivity contribution in [1.82, 2.24) is 9.80 Å². The van der Waals surface area contributed by atoms with Crippen LogP contribution in [0.25, 0.3) is 0 Å². The Hall–Kier alpha value is -2.77. The minimum Gasteiger partial charge on any atom is -0.478 e. The molecule has 0 atom stereocenters. The molecule has 1 N–H and O–H groups in total. The van der Waals surface area contributed by atoms with E-state index in [0.29, 0.717) is 9.80 Å². The summed E-state index contributed by atoms with van der Waals surface area (Å²) in [5.74, 6) is -5.27. The van der Waals surface area contributed by atoms with Gasteiger partial charge in [-0.25, -0.2) is 14.6 Å². The van der Waals surface area contributed by atoms with Crippen molar-refractivity contribution in [1.29, 1.82) is 0 Å². The Bertz CT molecular complexity index is 510. The average molecular weight is 264 g/mol. The Morgan fingerprint density at radius 2 is 1.16 bits per heavy atom. The monoisotopic (exact) mass is 264 g/mol. The zero-order chi connectivity index (χ0) is 14.4. The van der Waals surface area contributed by atoms with E-state index in [9.17, 15) is 29.1 Å². The summed E-state index contributed by atoms with van der Waals surface area (Å²) in [4.78, 5) is 58.5. The minimum absolute atomic E-state index is 0.359. The first-order valence-electron chi connectivity index (χ1n) is 5.16. The summed E-state index contributed by atoms with van der Waals surface area (Å²) < 4.78 is 0. The van der Waals surface area contributed by atoms with Crippen LogP contribution in [0.15, 0.2) is 24.3 Å². The molecule has 0 saturated carbocycles. The smallest absolute Gasteiger partial charge is 0.351 e. The van der Waals surface area contributed by atoms with Gasteiger partial charge in [0.25, 0.3) is 23.6 Å². The van der Waals surface area contributed by atoms with Crippen LogP contribution in [0.3, 0.4) is 0 Å². The van der Waals surface area contributed by atoms with Crippen molar-refractivity contribution in [2.24, 2.45) is 0 Å². The van der Waals surface area contributed by atoms with Crippen LogP contribution in [-0.2, 0) is 24.0 Å². The van der Waals surface area contributed by atoms with Gasteiger partial charge in [0, 0.05) is 24.3 Å². The molecule has 2 heterocycles. The first-order chi connectivity index (χ1) is 8.80. The fraction of sp³-hybridized carbons (Fsp3) is 0.182. The summed E-state index contributed by atoms with van der Waals surface area (Å²) in [5, 5.41) is 9.28. The highest BCUT2D eigenvalue weighted by Crippen LogP contribution is 2.27. The van der Waals surface area contributed by atoms with Crippen LogP contribution in [0.1, 0.15) is 6.92 Å². The number of hydrogen-bond donors (Lipinski definition) is 1. The van der Waals surface area contributed by atoms with Crippen molar-refractivity contribution >= 4 is 29.6 Å². The lowest BCUT2D eigenvalue weighted by Gasteiger charge is -2.38. The van der Waals surface area contributed by atoms with Gasteiger partial charge in [0.1, 0.15) is 0 Å². The van der Waals surface area contributed by atoms with Gasteiger partial charge in [0.15, 0.2) is 0 Å². The maximum atomic E-state index is 11.6. The standard InChI is InChI=1S/C11H8N2O6/c1-11(10(18)19,12-6(14)2-3-7(12)15)13-8(16)4-5-9(13)17/h2-5H,1H3,(H,18,19). The molecule has 0 unspecified atom stereocenters. The van der Waals surface area contributed by atoms with Crippen molar-refractivity contribution in [3.63, 3.8) is 0 Å². The van der Waals surface area contributed by atoms with E-state index in [4.69, 9.17) is 0 Å². The van der Waals surface area contributed by atoms with Crippen molar-refractivity contribution in [3.8, 4) is 0 Å². The van der Waals surface area contributed by atoms with E-state index in [1.165, 1.54) is 0 Å². The maximum Gasteiger partial charge on any atom is 0.351 e. The maximum absolute atomic E-state index is 11.6. The lowest BCUT2D eigenvalue weighted by molar-refractivity contribution is -0.179. The SMILES string of the molecule is CC(C(=O)O)(N1C(=O)C=CC1=O)N1C(=O)C=CC1=O. The Morgan fingerprint density at radius 1 is 0.895 bits per heavy atom. The number of carbonyl (C=O) groups is 5. The van der Waals surface area contributed by atoms with Crippen molar-refractivity contribution < 1.29 is 29.1 Å². The second-order valence-corrected chi connectivity index (χ2v) is 4.02. The number of carboxylic acid groups (broad SMARTS) is 1. The molecule has 0 fully saturated rings. The lowest BCUT2D eigenvalue weighted by atomic mass is 10.1. The van der Waals surface area contributed by atoms with Crippen LogP contribution in [0.5, 0.6) is 0 Å². The largest absolute Gasteiger partial charge is 0.478 e.